The van der Waals surface area contributed by atoms with Gasteiger partial charge in [-0.25, -0.2) is 0 Å². The Bertz CT molecular complexity index is 722. The fourth-order valence-electron chi connectivity index (χ4n) is 8.51. The summed E-state index contributed by atoms with van der Waals surface area (Å²) in [5, 5.41) is 0. The molecule has 5 heteroatoms. The molecule has 8 atom stereocenters. The molecule has 0 bridgehead atoms. The normalized spacial score (nSPS) is 44.7. The first-order valence-electron chi connectivity index (χ1n) is 11.6. The molecule has 0 aliphatic heterocycles. The highest BCUT2D eigenvalue weighted by Gasteiger charge is 2.61. The molecule has 0 radical (unpaired) electrons. The van der Waals surface area contributed by atoms with Crippen molar-refractivity contribution in [1.82, 2.24) is 0 Å². The van der Waals surface area contributed by atoms with Crippen LogP contribution in [0.5, 0.6) is 0 Å². The van der Waals surface area contributed by atoms with Crippen LogP contribution in [0.4, 0.5) is 0 Å². The van der Waals surface area contributed by atoms with Crippen LogP contribution in [0.2, 0.25) is 0 Å². The summed E-state index contributed by atoms with van der Waals surface area (Å²) in [5.74, 6) is 5.31. The van der Waals surface area contributed by atoms with Gasteiger partial charge in [-0.1, -0.05) is 32.4 Å². The van der Waals surface area contributed by atoms with E-state index < -0.39 is 0 Å². The molecule has 4 rings (SSSR count). The Hall–Kier alpha value is -0.210. The first-order chi connectivity index (χ1) is 13.7. The van der Waals surface area contributed by atoms with Crippen LogP contribution >= 0.6 is 19.3 Å². The lowest BCUT2D eigenvalue weighted by molar-refractivity contribution is -0.132. The summed E-state index contributed by atoms with van der Waals surface area (Å²) in [5.41, 5.74) is 1.86. The number of carbonyl (C=O) groups excluding carboxylic acids is 1. The third-order valence-corrected chi connectivity index (χ3v) is 11.9. The molecule has 162 valence electrons. The SMILES string of the molecule is C[C@H](CSPN=O)[C@H]1CCC2C3CC=C4C(C)(C)C(=O)CC[C@]4(C)C3CC[C@@]21C. The monoisotopic (exact) mass is 435 g/mol. The molecule has 0 aromatic carbocycles. The van der Waals surface area contributed by atoms with E-state index in [1.165, 1.54) is 37.7 Å². The minimum atomic E-state index is -0.268. The van der Waals surface area contributed by atoms with Crippen molar-refractivity contribution in [3.05, 3.63) is 16.6 Å². The van der Waals surface area contributed by atoms with Crippen molar-refractivity contribution < 1.29 is 4.79 Å². The zero-order chi connectivity index (χ0) is 21.0. The summed E-state index contributed by atoms with van der Waals surface area (Å²) in [4.78, 5) is 26.2. The molecule has 0 aromatic heterocycles. The number of Topliss-reactive ketones (excluding diaryl/α,β-unsaturated/α-hetero) is 1. The standard InChI is InChI=1S/C24H38NO2PS/c1-15(14-29-28-25-27)17-7-8-18-16-6-9-20-22(2,3)21(26)11-13-24(20,5)19(16)10-12-23(17,18)4/h9,15-19,28H,6-8,10-14H2,1-5H3/t15-,16?,17-,18?,19?,23-,24-/m1/s1. The van der Waals surface area contributed by atoms with Crippen LogP contribution in [0, 0.1) is 50.7 Å². The van der Waals surface area contributed by atoms with Gasteiger partial charge in [0.05, 0.1) is 0 Å². The van der Waals surface area contributed by atoms with E-state index in [2.05, 4.69) is 45.6 Å². The molecule has 0 aromatic rings. The first-order valence-corrected chi connectivity index (χ1v) is 14.3. The summed E-state index contributed by atoms with van der Waals surface area (Å²) in [7, 11) is 0.153. The molecule has 0 N–H and O–H groups in total. The van der Waals surface area contributed by atoms with Crippen molar-refractivity contribution in [3.8, 4) is 0 Å². The highest BCUT2D eigenvalue weighted by Crippen LogP contribution is 2.68. The van der Waals surface area contributed by atoms with E-state index in [0.29, 0.717) is 17.1 Å². The number of hydrogen-bond donors (Lipinski definition) is 0. The quantitative estimate of drug-likeness (QED) is 0.195. The van der Waals surface area contributed by atoms with Gasteiger partial charge in [-0.15, -0.1) is 16.3 Å². The van der Waals surface area contributed by atoms with Crippen LogP contribution in [0.3, 0.4) is 0 Å². The number of rotatable bonds is 5. The van der Waals surface area contributed by atoms with Crippen LogP contribution in [-0.4, -0.2) is 11.5 Å². The molecule has 4 aliphatic carbocycles. The summed E-state index contributed by atoms with van der Waals surface area (Å²) < 4.78 is 0. The zero-order valence-electron chi connectivity index (χ0n) is 18.8. The van der Waals surface area contributed by atoms with E-state index in [0.717, 1.165) is 42.3 Å². The molecule has 3 fully saturated rings. The van der Waals surface area contributed by atoms with Gasteiger partial charge >= 0.3 is 0 Å². The molecule has 3 saturated carbocycles. The van der Waals surface area contributed by atoms with Crippen LogP contribution < -0.4 is 0 Å². The number of hydrogen-bond acceptors (Lipinski definition) is 4. The average molecular weight is 436 g/mol. The summed E-state index contributed by atoms with van der Waals surface area (Å²) >= 11 is 1.73. The maximum absolute atomic E-state index is 12.7. The minimum Gasteiger partial charge on any atom is -0.299 e. The topological polar surface area (TPSA) is 46.5 Å². The highest BCUT2D eigenvalue weighted by atomic mass is 32.7. The Morgan fingerprint density at radius 1 is 1.17 bits per heavy atom. The van der Waals surface area contributed by atoms with Gasteiger partial charge in [-0.2, -0.15) is 0 Å². The Morgan fingerprint density at radius 3 is 2.66 bits per heavy atom. The fraction of sp³-hybridized carbons (Fsp3) is 0.875. The zero-order valence-corrected chi connectivity index (χ0v) is 20.6. The van der Waals surface area contributed by atoms with Crippen molar-refractivity contribution in [1.29, 1.82) is 0 Å². The third-order valence-electron chi connectivity index (χ3n) is 9.92. The Balaban J connectivity index is 1.58. The molecule has 0 saturated heterocycles. The first kappa shape index (κ1) is 22.0. The van der Waals surface area contributed by atoms with E-state index in [-0.39, 0.29) is 18.8 Å². The largest absolute Gasteiger partial charge is 0.299 e. The van der Waals surface area contributed by atoms with Gasteiger partial charge in [-0.05, 0) is 97.7 Å². The minimum absolute atomic E-state index is 0.153. The summed E-state index contributed by atoms with van der Waals surface area (Å²) in [6.45, 7) is 11.8. The predicted molar refractivity (Wildman–Crippen MR) is 125 cm³/mol. The van der Waals surface area contributed by atoms with Crippen LogP contribution in [0.25, 0.3) is 0 Å². The van der Waals surface area contributed by atoms with Gasteiger partial charge in [0.15, 0.2) is 0 Å². The van der Waals surface area contributed by atoms with E-state index in [4.69, 9.17) is 0 Å². The third kappa shape index (κ3) is 3.30. The second kappa shape index (κ2) is 7.73. The lowest BCUT2D eigenvalue weighted by Crippen LogP contribution is -2.53. The molecule has 0 spiro atoms. The number of allylic oxidation sites excluding steroid dienone is 2. The molecule has 29 heavy (non-hydrogen) atoms. The van der Waals surface area contributed by atoms with Gasteiger partial charge in [0.25, 0.3) is 0 Å². The van der Waals surface area contributed by atoms with E-state index in [9.17, 15) is 9.70 Å². The Labute approximate surface area is 182 Å². The highest BCUT2D eigenvalue weighted by molar-refractivity contribution is 8.49. The molecule has 4 unspecified atom stereocenters. The molecule has 4 aliphatic rings. The molecule has 3 nitrogen and oxygen atoms in total. The number of fused-ring (bicyclic) bond motifs is 5. The maximum Gasteiger partial charge on any atom is 0.142 e. The number of carbonyl (C=O) groups is 1. The lowest BCUT2D eigenvalue weighted by atomic mass is 9.44. The number of nitroso groups, excluding NO2 is 1. The van der Waals surface area contributed by atoms with Crippen molar-refractivity contribution in [2.24, 2.45) is 50.8 Å². The predicted octanol–water partition coefficient (Wildman–Crippen LogP) is 7.41. The van der Waals surface area contributed by atoms with Crippen LogP contribution in [-0.2, 0) is 4.79 Å². The van der Waals surface area contributed by atoms with Gasteiger partial charge in [0.1, 0.15) is 13.7 Å². The van der Waals surface area contributed by atoms with Gasteiger partial charge in [0.2, 0.25) is 0 Å². The van der Waals surface area contributed by atoms with Crippen molar-refractivity contribution in [3.63, 3.8) is 0 Å². The molecule has 0 heterocycles. The Morgan fingerprint density at radius 2 is 1.93 bits per heavy atom. The number of ketones is 1. The van der Waals surface area contributed by atoms with Crippen LogP contribution in [0.1, 0.15) is 79.6 Å². The average Bonchev–Trinajstić information content (AvgIpc) is 3.02. The van der Waals surface area contributed by atoms with E-state index in [1.54, 1.807) is 11.4 Å². The van der Waals surface area contributed by atoms with Gasteiger partial charge < -0.3 is 0 Å². The van der Waals surface area contributed by atoms with Crippen molar-refractivity contribution in [2.75, 3.05) is 5.75 Å². The second-order valence-corrected chi connectivity index (χ2v) is 13.8. The van der Waals surface area contributed by atoms with E-state index >= 15 is 0 Å². The lowest BCUT2D eigenvalue weighted by Gasteiger charge is -2.60. The maximum atomic E-state index is 12.7. The van der Waals surface area contributed by atoms with Crippen LogP contribution in [0.15, 0.2) is 16.6 Å². The van der Waals surface area contributed by atoms with Crippen molar-refractivity contribution >= 4 is 25.1 Å². The smallest absolute Gasteiger partial charge is 0.142 e. The van der Waals surface area contributed by atoms with Gasteiger partial charge in [-0.3, -0.25) is 4.79 Å². The molecular formula is C24H38NO2PS. The summed E-state index contributed by atoms with van der Waals surface area (Å²) in [6, 6.07) is 0. The van der Waals surface area contributed by atoms with Crippen molar-refractivity contribution in [2.45, 2.75) is 79.6 Å². The molecular weight excluding hydrogens is 397 g/mol. The number of nitrogens with zero attached hydrogens (tertiary/aromatic N) is 1. The van der Waals surface area contributed by atoms with E-state index in [1.807, 2.05) is 0 Å². The molecule has 0 amide bonds. The fourth-order valence-corrected chi connectivity index (χ4v) is 10.3. The Kier molecular flexibility index (Phi) is 5.87. The van der Waals surface area contributed by atoms with Gasteiger partial charge in [0, 0.05) is 17.6 Å². The second-order valence-electron chi connectivity index (χ2n) is 11.4. The summed E-state index contributed by atoms with van der Waals surface area (Å²) in [6.07, 6.45) is 10.9.